The summed E-state index contributed by atoms with van der Waals surface area (Å²) in [5.41, 5.74) is 0.928. The van der Waals surface area contributed by atoms with E-state index in [1.165, 1.54) is 5.56 Å². The number of nitrogens with zero attached hydrogens (tertiary/aromatic N) is 1. The van der Waals surface area contributed by atoms with Gasteiger partial charge in [-0.1, -0.05) is 43.2 Å². The molecule has 1 saturated carbocycles. The maximum absolute atomic E-state index is 11.6. The van der Waals surface area contributed by atoms with Gasteiger partial charge in [-0.25, -0.2) is 0 Å². The molecule has 1 aliphatic carbocycles. The smallest absolute Gasteiger partial charge is 0.310 e. The van der Waals surface area contributed by atoms with Crippen LogP contribution in [0.3, 0.4) is 0 Å². The van der Waals surface area contributed by atoms with Crippen molar-refractivity contribution in [2.24, 2.45) is 5.41 Å². The van der Waals surface area contributed by atoms with Crippen molar-refractivity contribution in [3.8, 4) is 0 Å². The third kappa shape index (κ3) is 2.59. The Hall–Kier alpha value is -1.35. The first-order valence-electron chi connectivity index (χ1n) is 7.70. The van der Waals surface area contributed by atoms with Crippen molar-refractivity contribution >= 4 is 5.97 Å². The van der Waals surface area contributed by atoms with Crippen molar-refractivity contribution in [2.75, 3.05) is 19.6 Å². The van der Waals surface area contributed by atoms with E-state index in [9.17, 15) is 9.90 Å². The lowest BCUT2D eigenvalue weighted by molar-refractivity contribution is -0.149. The molecule has 1 N–H and O–H groups in total. The molecule has 0 bridgehead atoms. The largest absolute Gasteiger partial charge is 0.481 e. The normalized spacial score (nSPS) is 25.9. The Balaban J connectivity index is 1.64. The number of hydrogen-bond acceptors (Lipinski definition) is 2. The standard InChI is InChI=1S/C17H23NO2/c19-16(20)17(9-4-5-10-17)13-18-11-8-15(12-18)14-6-2-1-3-7-14/h1-3,6-7,15H,4-5,8-13H2,(H,19,20). The molecule has 0 radical (unpaired) electrons. The zero-order valence-electron chi connectivity index (χ0n) is 11.9. The number of hydrogen-bond donors (Lipinski definition) is 1. The fourth-order valence-electron chi connectivity index (χ4n) is 3.89. The van der Waals surface area contributed by atoms with Gasteiger partial charge in [-0.15, -0.1) is 0 Å². The SMILES string of the molecule is O=C(O)C1(CN2CCC(c3ccccc3)C2)CCCC1. The van der Waals surface area contributed by atoms with Gasteiger partial charge in [-0.05, 0) is 37.3 Å². The van der Waals surface area contributed by atoms with Crippen molar-refractivity contribution < 1.29 is 9.90 Å². The summed E-state index contributed by atoms with van der Waals surface area (Å²) in [5, 5.41) is 9.58. The van der Waals surface area contributed by atoms with Crippen molar-refractivity contribution in [1.82, 2.24) is 4.90 Å². The van der Waals surface area contributed by atoms with E-state index < -0.39 is 11.4 Å². The molecule has 1 aliphatic heterocycles. The molecule has 108 valence electrons. The highest BCUT2D eigenvalue weighted by molar-refractivity contribution is 5.75. The third-order valence-corrected chi connectivity index (χ3v) is 5.08. The first-order chi connectivity index (χ1) is 9.70. The van der Waals surface area contributed by atoms with Crippen LogP contribution in [-0.2, 0) is 4.79 Å². The maximum atomic E-state index is 11.6. The summed E-state index contributed by atoms with van der Waals surface area (Å²) in [4.78, 5) is 14.0. The van der Waals surface area contributed by atoms with Crippen LogP contribution in [-0.4, -0.2) is 35.6 Å². The highest BCUT2D eigenvalue weighted by atomic mass is 16.4. The Morgan fingerprint density at radius 3 is 2.60 bits per heavy atom. The van der Waals surface area contributed by atoms with Crippen LogP contribution in [0.25, 0.3) is 0 Å². The van der Waals surface area contributed by atoms with E-state index in [1.807, 2.05) is 6.07 Å². The van der Waals surface area contributed by atoms with Gasteiger partial charge in [0.1, 0.15) is 0 Å². The van der Waals surface area contributed by atoms with Gasteiger partial charge in [-0.2, -0.15) is 0 Å². The van der Waals surface area contributed by atoms with Gasteiger partial charge in [0, 0.05) is 13.1 Å². The minimum Gasteiger partial charge on any atom is -0.481 e. The van der Waals surface area contributed by atoms with Crippen molar-refractivity contribution in [3.05, 3.63) is 35.9 Å². The van der Waals surface area contributed by atoms with Crippen LogP contribution in [0.15, 0.2) is 30.3 Å². The Morgan fingerprint density at radius 1 is 1.25 bits per heavy atom. The Bertz CT molecular complexity index is 465. The number of likely N-dealkylation sites (tertiary alicyclic amines) is 1. The molecule has 3 heteroatoms. The van der Waals surface area contributed by atoms with E-state index in [2.05, 4.69) is 29.2 Å². The van der Waals surface area contributed by atoms with E-state index in [1.54, 1.807) is 0 Å². The maximum Gasteiger partial charge on any atom is 0.310 e. The summed E-state index contributed by atoms with van der Waals surface area (Å²) in [6.07, 6.45) is 5.01. The van der Waals surface area contributed by atoms with E-state index >= 15 is 0 Å². The van der Waals surface area contributed by atoms with E-state index in [-0.39, 0.29) is 0 Å². The lowest BCUT2D eigenvalue weighted by Gasteiger charge is -2.29. The molecule has 0 spiro atoms. The highest BCUT2D eigenvalue weighted by Crippen LogP contribution is 2.40. The second-order valence-corrected chi connectivity index (χ2v) is 6.42. The molecule has 1 saturated heterocycles. The third-order valence-electron chi connectivity index (χ3n) is 5.08. The summed E-state index contributed by atoms with van der Waals surface area (Å²) < 4.78 is 0. The molecule has 2 aliphatic rings. The minimum absolute atomic E-state index is 0.467. The quantitative estimate of drug-likeness (QED) is 0.916. The van der Waals surface area contributed by atoms with Gasteiger partial charge in [0.2, 0.25) is 0 Å². The summed E-state index contributed by atoms with van der Waals surface area (Å²) in [6, 6.07) is 10.6. The molecule has 0 amide bonds. The Morgan fingerprint density at radius 2 is 1.95 bits per heavy atom. The van der Waals surface area contributed by atoms with E-state index in [4.69, 9.17) is 0 Å². The molecule has 3 rings (SSSR count). The molecule has 1 atom stereocenters. The molecule has 1 aromatic rings. The lowest BCUT2D eigenvalue weighted by atomic mass is 9.86. The molecule has 0 aromatic heterocycles. The molecular weight excluding hydrogens is 250 g/mol. The molecule has 1 unspecified atom stereocenters. The molecule has 1 heterocycles. The average Bonchev–Trinajstić information content (AvgIpc) is 3.10. The lowest BCUT2D eigenvalue weighted by Crippen LogP contribution is -2.40. The van der Waals surface area contributed by atoms with Crippen LogP contribution in [0, 0.1) is 5.41 Å². The van der Waals surface area contributed by atoms with Gasteiger partial charge < -0.3 is 10.0 Å². The zero-order valence-corrected chi connectivity index (χ0v) is 11.9. The number of carboxylic acid groups (broad SMARTS) is 1. The second kappa shape index (κ2) is 5.57. The van der Waals surface area contributed by atoms with Crippen LogP contribution in [0.4, 0.5) is 0 Å². The molecule has 2 fully saturated rings. The fourth-order valence-corrected chi connectivity index (χ4v) is 3.89. The van der Waals surface area contributed by atoms with Crippen molar-refractivity contribution in [3.63, 3.8) is 0 Å². The number of benzene rings is 1. The van der Waals surface area contributed by atoms with Gasteiger partial charge in [0.25, 0.3) is 0 Å². The van der Waals surface area contributed by atoms with Gasteiger partial charge in [0.05, 0.1) is 5.41 Å². The van der Waals surface area contributed by atoms with Crippen molar-refractivity contribution in [1.29, 1.82) is 0 Å². The van der Waals surface area contributed by atoms with Gasteiger partial charge >= 0.3 is 5.97 Å². The second-order valence-electron chi connectivity index (χ2n) is 6.42. The van der Waals surface area contributed by atoms with Crippen LogP contribution in [0.1, 0.15) is 43.6 Å². The van der Waals surface area contributed by atoms with E-state index in [0.29, 0.717) is 5.92 Å². The summed E-state index contributed by atoms with van der Waals surface area (Å²) in [6.45, 7) is 2.79. The summed E-state index contributed by atoms with van der Waals surface area (Å²) in [5.74, 6) is -0.0124. The first kappa shape index (κ1) is 13.6. The van der Waals surface area contributed by atoms with Crippen LogP contribution < -0.4 is 0 Å². The fraction of sp³-hybridized carbons (Fsp3) is 0.588. The zero-order chi connectivity index (χ0) is 14.0. The van der Waals surface area contributed by atoms with Crippen LogP contribution in [0.5, 0.6) is 0 Å². The highest BCUT2D eigenvalue weighted by Gasteiger charge is 2.43. The predicted molar refractivity (Wildman–Crippen MR) is 78.8 cm³/mol. The van der Waals surface area contributed by atoms with Gasteiger partial charge in [-0.3, -0.25) is 4.79 Å². The summed E-state index contributed by atoms with van der Waals surface area (Å²) in [7, 11) is 0. The number of aliphatic carboxylic acids is 1. The molecule has 3 nitrogen and oxygen atoms in total. The predicted octanol–water partition coefficient (Wildman–Crippen LogP) is 3.12. The summed E-state index contributed by atoms with van der Waals surface area (Å²) >= 11 is 0. The monoisotopic (exact) mass is 273 g/mol. The number of rotatable bonds is 4. The molecule has 20 heavy (non-hydrogen) atoms. The number of carboxylic acids is 1. The molecule has 1 aromatic carbocycles. The average molecular weight is 273 g/mol. The van der Waals surface area contributed by atoms with Crippen molar-refractivity contribution in [2.45, 2.75) is 38.0 Å². The molecular formula is C17H23NO2. The van der Waals surface area contributed by atoms with Crippen LogP contribution >= 0.6 is 0 Å². The minimum atomic E-state index is -0.585. The topological polar surface area (TPSA) is 40.5 Å². The Kier molecular flexibility index (Phi) is 3.79. The number of carbonyl (C=O) groups is 1. The Labute approximate surface area is 120 Å². The van der Waals surface area contributed by atoms with E-state index in [0.717, 1.165) is 51.7 Å². The van der Waals surface area contributed by atoms with Gasteiger partial charge in [0.15, 0.2) is 0 Å². The van der Waals surface area contributed by atoms with Crippen LogP contribution in [0.2, 0.25) is 0 Å². The first-order valence-corrected chi connectivity index (χ1v) is 7.70.